The minimum atomic E-state index is -0.996. The maximum atomic E-state index is 10.7. The molecule has 1 fully saturated rings. The van der Waals surface area contributed by atoms with Gasteiger partial charge in [0.1, 0.15) is 11.8 Å². The molecule has 2 rings (SSSR count). The quantitative estimate of drug-likeness (QED) is 0.513. The van der Waals surface area contributed by atoms with Crippen LogP contribution in [0.2, 0.25) is 0 Å². The molecule has 1 aliphatic rings. The minimum absolute atomic E-state index is 0.127. The van der Waals surface area contributed by atoms with E-state index in [1.165, 1.54) is 0 Å². The monoisotopic (exact) mass is 405 g/mol. The molecule has 21 heavy (non-hydrogen) atoms. The number of benzene rings is 1. The molecule has 4 N–H and O–H groups in total. The van der Waals surface area contributed by atoms with Gasteiger partial charge in [-0.05, 0) is 43.4 Å². The zero-order valence-corrected chi connectivity index (χ0v) is 13.8. The number of aliphatic hydroxyl groups is 1. The maximum absolute atomic E-state index is 10.7. The average molecular weight is 405 g/mol. The first kappa shape index (κ1) is 16.5. The average Bonchev–Trinajstić information content (AvgIpc) is 2.45. The fraction of sp³-hybridized carbons (Fsp3) is 0.533. The Morgan fingerprint density at radius 1 is 1.38 bits per heavy atom. The molecule has 1 aromatic rings. The highest BCUT2D eigenvalue weighted by atomic mass is 127. The Balaban J connectivity index is 1.89. The van der Waals surface area contributed by atoms with Gasteiger partial charge in [-0.3, -0.25) is 4.79 Å². The molecule has 116 valence electrons. The van der Waals surface area contributed by atoms with E-state index < -0.39 is 12.0 Å². The second kappa shape index (κ2) is 7.42. The second-order valence-electron chi connectivity index (χ2n) is 5.43. The van der Waals surface area contributed by atoms with Crippen LogP contribution in [0.3, 0.4) is 0 Å². The van der Waals surface area contributed by atoms with E-state index in [9.17, 15) is 9.90 Å². The largest absolute Gasteiger partial charge is 0.490 e. The highest BCUT2D eigenvalue weighted by Gasteiger charge is 2.28. The van der Waals surface area contributed by atoms with Crippen molar-refractivity contribution in [3.05, 3.63) is 29.8 Å². The molecule has 1 aromatic carbocycles. The number of carbonyl (C=O) groups is 1. The van der Waals surface area contributed by atoms with E-state index in [1.807, 2.05) is 24.3 Å². The Morgan fingerprint density at radius 2 is 2.05 bits per heavy atom. The maximum Gasteiger partial charge on any atom is 0.320 e. The molecule has 0 amide bonds. The number of alkyl halides is 1. The number of aliphatic hydroxyl groups excluding tert-OH is 1. The highest BCUT2D eigenvalue weighted by Crippen LogP contribution is 2.28. The van der Waals surface area contributed by atoms with Gasteiger partial charge in [0.15, 0.2) is 0 Å². The van der Waals surface area contributed by atoms with Crippen molar-refractivity contribution in [1.29, 1.82) is 0 Å². The summed E-state index contributed by atoms with van der Waals surface area (Å²) in [4.78, 5) is 10.7. The number of carboxylic acids is 1. The van der Waals surface area contributed by atoms with Crippen molar-refractivity contribution in [3.63, 3.8) is 0 Å². The van der Waals surface area contributed by atoms with Crippen LogP contribution >= 0.6 is 22.6 Å². The number of nitrogens with two attached hydrogens (primary N) is 1. The predicted octanol–water partition coefficient (Wildman–Crippen LogP) is 1.74. The first-order valence-electron chi connectivity index (χ1n) is 7.02. The van der Waals surface area contributed by atoms with E-state index in [4.69, 9.17) is 15.6 Å². The van der Waals surface area contributed by atoms with Gasteiger partial charge in [0, 0.05) is 3.92 Å². The smallest absolute Gasteiger partial charge is 0.320 e. The van der Waals surface area contributed by atoms with E-state index >= 15 is 0 Å². The van der Waals surface area contributed by atoms with E-state index in [0.717, 1.165) is 30.6 Å². The van der Waals surface area contributed by atoms with Gasteiger partial charge in [-0.15, -0.1) is 0 Å². The molecule has 4 atom stereocenters. The zero-order valence-electron chi connectivity index (χ0n) is 11.6. The third kappa shape index (κ3) is 4.82. The summed E-state index contributed by atoms with van der Waals surface area (Å²) in [7, 11) is 0. The highest BCUT2D eigenvalue weighted by molar-refractivity contribution is 14.1. The van der Waals surface area contributed by atoms with E-state index in [0.29, 0.717) is 6.42 Å². The molecule has 0 saturated heterocycles. The number of hydrogen-bond donors (Lipinski definition) is 3. The second-order valence-corrected chi connectivity index (χ2v) is 7.03. The lowest BCUT2D eigenvalue weighted by Crippen LogP contribution is -2.34. The van der Waals surface area contributed by atoms with Crippen LogP contribution in [-0.4, -0.2) is 38.4 Å². The van der Waals surface area contributed by atoms with Gasteiger partial charge in [-0.1, -0.05) is 34.7 Å². The van der Waals surface area contributed by atoms with Gasteiger partial charge >= 0.3 is 5.97 Å². The summed E-state index contributed by atoms with van der Waals surface area (Å²) in [6.07, 6.45) is 2.66. The summed E-state index contributed by atoms with van der Waals surface area (Å²) < 4.78 is 6.15. The summed E-state index contributed by atoms with van der Waals surface area (Å²) in [5.41, 5.74) is 6.39. The van der Waals surface area contributed by atoms with Gasteiger partial charge in [-0.2, -0.15) is 0 Å². The van der Waals surface area contributed by atoms with Gasteiger partial charge < -0.3 is 20.7 Å². The number of halogens is 1. The van der Waals surface area contributed by atoms with Crippen LogP contribution in [0, 0.1) is 0 Å². The standard InChI is InChI=1S/C15H20INO4/c16-12-8-11(5-6-14(12)18)21-10-3-1-9(2-4-10)7-13(17)15(19)20/h1-4,11-14,18H,5-8,17H2,(H,19,20). The molecule has 0 radical (unpaired) electrons. The van der Waals surface area contributed by atoms with Crippen LogP contribution in [0.5, 0.6) is 5.75 Å². The van der Waals surface area contributed by atoms with Crippen molar-refractivity contribution in [2.75, 3.05) is 0 Å². The van der Waals surface area contributed by atoms with Crippen molar-refractivity contribution < 1.29 is 19.7 Å². The summed E-state index contributed by atoms with van der Waals surface area (Å²) in [6.45, 7) is 0. The fourth-order valence-electron chi connectivity index (χ4n) is 2.41. The molecule has 1 saturated carbocycles. The van der Waals surface area contributed by atoms with Crippen LogP contribution in [-0.2, 0) is 11.2 Å². The lowest BCUT2D eigenvalue weighted by atomic mass is 9.95. The molecular formula is C15H20INO4. The predicted molar refractivity (Wildman–Crippen MR) is 87.8 cm³/mol. The van der Waals surface area contributed by atoms with Gasteiger partial charge in [0.2, 0.25) is 0 Å². The number of hydrogen-bond acceptors (Lipinski definition) is 4. The number of carboxylic acid groups (broad SMARTS) is 1. The lowest BCUT2D eigenvalue weighted by molar-refractivity contribution is -0.138. The lowest BCUT2D eigenvalue weighted by Gasteiger charge is -2.30. The Hall–Kier alpha value is -0.860. The molecule has 4 unspecified atom stereocenters. The summed E-state index contributed by atoms with van der Waals surface area (Å²) in [6, 6.07) is 6.50. The van der Waals surface area contributed by atoms with Gasteiger partial charge in [-0.25, -0.2) is 0 Å². The normalized spacial score (nSPS) is 27.1. The Labute approximate surface area is 137 Å². The molecule has 0 heterocycles. The van der Waals surface area contributed by atoms with Crippen LogP contribution < -0.4 is 10.5 Å². The van der Waals surface area contributed by atoms with E-state index in [1.54, 1.807) is 0 Å². The summed E-state index contributed by atoms with van der Waals surface area (Å²) >= 11 is 2.27. The van der Waals surface area contributed by atoms with Crippen LogP contribution in [0.15, 0.2) is 24.3 Å². The molecule has 0 bridgehead atoms. The SMILES string of the molecule is NC(Cc1ccc(OC2CCC(O)C(I)C2)cc1)C(=O)O. The Morgan fingerprint density at radius 3 is 2.62 bits per heavy atom. The van der Waals surface area contributed by atoms with Gasteiger partial charge in [0.25, 0.3) is 0 Å². The van der Waals surface area contributed by atoms with Crippen molar-refractivity contribution in [1.82, 2.24) is 0 Å². The summed E-state index contributed by atoms with van der Waals surface area (Å²) in [5, 5.41) is 18.5. The molecule has 0 spiro atoms. The third-order valence-electron chi connectivity index (χ3n) is 3.69. The van der Waals surface area contributed by atoms with Crippen LogP contribution in [0.1, 0.15) is 24.8 Å². The van der Waals surface area contributed by atoms with Crippen LogP contribution in [0.25, 0.3) is 0 Å². The molecular weight excluding hydrogens is 385 g/mol. The van der Waals surface area contributed by atoms with E-state index in [-0.39, 0.29) is 16.1 Å². The van der Waals surface area contributed by atoms with Gasteiger partial charge in [0.05, 0.1) is 12.2 Å². The van der Waals surface area contributed by atoms with Crippen molar-refractivity contribution in [3.8, 4) is 5.75 Å². The third-order valence-corrected chi connectivity index (χ3v) is 5.03. The number of aliphatic carboxylic acids is 1. The number of ether oxygens (including phenoxy) is 1. The van der Waals surface area contributed by atoms with Crippen LogP contribution in [0.4, 0.5) is 0 Å². The fourth-order valence-corrected chi connectivity index (χ4v) is 3.34. The molecule has 0 aromatic heterocycles. The number of rotatable bonds is 5. The first-order chi connectivity index (χ1) is 9.95. The zero-order chi connectivity index (χ0) is 15.4. The molecule has 0 aliphatic heterocycles. The van der Waals surface area contributed by atoms with Crippen molar-refractivity contribution in [2.45, 2.75) is 47.9 Å². The van der Waals surface area contributed by atoms with Crippen molar-refractivity contribution in [2.24, 2.45) is 5.73 Å². The molecule has 5 nitrogen and oxygen atoms in total. The Bertz CT molecular complexity index is 479. The summed E-state index contributed by atoms with van der Waals surface area (Å²) in [5.74, 6) is -0.225. The molecule has 6 heteroatoms. The first-order valence-corrected chi connectivity index (χ1v) is 8.26. The van der Waals surface area contributed by atoms with E-state index in [2.05, 4.69) is 22.6 Å². The Kier molecular flexibility index (Phi) is 5.83. The molecule has 1 aliphatic carbocycles. The minimum Gasteiger partial charge on any atom is -0.490 e. The topological polar surface area (TPSA) is 92.8 Å². The van der Waals surface area contributed by atoms with Crippen molar-refractivity contribution >= 4 is 28.6 Å².